The summed E-state index contributed by atoms with van der Waals surface area (Å²) in [6.07, 6.45) is 0. The van der Waals surface area contributed by atoms with Crippen LogP contribution < -0.4 is 5.32 Å². The normalized spacial score (nSPS) is 14.1. The van der Waals surface area contributed by atoms with Crippen LogP contribution >= 0.6 is 11.6 Å². The van der Waals surface area contributed by atoms with E-state index in [0.29, 0.717) is 10.7 Å². The van der Waals surface area contributed by atoms with Crippen molar-refractivity contribution < 1.29 is 14.1 Å². The minimum Gasteiger partial charge on any atom is -0.395 e. The molecule has 1 aromatic rings. The van der Waals surface area contributed by atoms with Crippen molar-refractivity contribution >= 4 is 34.0 Å². The van der Waals surface area contributed by atoms with Crippen LogP contribution in [0.4, 0.5) is 5.69 Å². The summed E-state index contributed by atoms with van der Waals surface area (Å²) in [7, 11) is -1.37. The fraction of sp³-hybridized carbons (Fsp3) is 0.364. The summed E-state index contributed by atoms with van der Waals surface area (Å²) >= 11 is 5.78. The standard InChI is InChI=1S/C11H14ClNO3S/c1-8(17(16)6-5-14)11(15)13-10-4-2-3-9(12)7-10/h2-4,7-8,14H,5-6H2,1H3,(H,13,15). The first-order valence-electron chi connectivity index (χ1n) is 5.09. The molecule has 4 nitrogen and oxygen atoms in total. The summed E-state index contributed by atoms with van der Waals surface area (Å²) in [5, 5.41) is 11.1. The Morgan fingerprint density at radius 2 is 2.29 bits per heavy atom. The van der Waals surface area contributed by atoms with E-state index in [2.05, 4.69) is 5.32 Å². The topological polar surface area (TPSA) is 66.4 Å². The van der Waals surface area contributed by atoms with Crippen LogP contribution in [0.5, 0.6) is 0 Å². The van der Waals surface area contributed by atoms with Gasteiger partial charge >= 0.3 is 0 Å². The van der Waals surface area contributed by atoms with E-state index in [1.807, 2.05) is 0 Å². The van der Waals surface area contributed by atoms with Gasteiger partial charge in [0.25, 0.3) is 0 Å². The molecule has 6 heteroatoms. The highest BCUT2D eigenvalue weighted by molar-refractivity contribution is 7.86. The number of carbonyl (C=O) groups is 1. The van der Waals surface area contributed by atoms with E-state index in [0.717, 1.165) is 0 Å². The number of hydrogen-bond acceptors (Lipinski definition) is 3. The molecule has 0 aliphatic carbocycles. The zero-order chi connectivity index (χ0) is 12.8. The van der Waals surface area contributed by atoms with E-state index in [9.17, 15) is 9.00 Å². The van der Waals surface area contributed by atoms with Crippen molar-refractivity contribution in [1.29, 1.82) is 0 Å². The van der Waals surface area contributed by atoms with Gasteiger partial charge in [-0.15, -0.1) is 0 Å². The van der Waals surface area contributed by atoms with E-state index in [1.54, 1.807) is 31.2 Å². The molecule has 0 aliphatic heterocycles. The molecule has 17 heavy (non-hydrogen) atoms. The highest BCUT2D eigenvalue weighted by Gasteiger charge is 2.19. The van der Waals surface area contributed by atoms with Crippen molar-refractivity contribution in [2.45, 2.75) is 12.2 Å². The molecule has 0 saturated heterocycles. The molecule has 2 atom stereocenters. The van der Waals surface area contributed by atoms with Crippen LogP contribution in [0.25, 0.3) is 0 Å². The van der Waals surface area contributed by atoms with Gasteiger partial charge in [-0.25, -0.2) is 0 Å². The van der Waals surface area contributed by atoms with Crippen molar-refractivity contribution in [2.75, 3.05) is 17.7 Å². The third-order valence-corrected chi connectivity index (χ3v) is 3.97. The van der Waals surface area contributed by atoms with Gasteiger partial charge in [0.2, 0.25) is 5.91 Å². The van der Waals surface area contributed by atoms with Crippen LogP contribution in [0.2, 0.25) is 5.02 Å². The number of carbonyl (C=O) groups excluding carboxylic acids is 1. The summed E-state index contributed by atoms with van der Waals surface area (Å²) in [5.74, 6) is -0.247. The summed E-state index contributed by atoms with van der Waals surface area (Å²) in [4.78, 5) is 11.7. The third-order valence-electron chi connectivity index (χ3n) is 2.15. The van der Waals surface area contributed by atoms with Crippen LogP contribution in [0, 0.1) is 0 Å². The SMILES string of the molecule is CC(C(=O)Nc1cccc(Cl)c1)S(=O)CCO. The lowest BCUT2D eigenvalue weighted by molar-refractivity contribution is -0.115. The lowest BCUT2D eigenvalue weighted by Crippen LogP contribution is -2.30. The first-order valence-corrected chi connectivity index (χ1v) is 6.85. The molecule has 1 aromatic carbocycles. The number of amides is 1. The molecule has 2 unspecified atom stereocenters. The second-order valence-electron chi connectivity index (χ2n) is 3.45. The Labute approximate surface area is 107 Å². The van der Waals surface area contributed by atoms with E-state index >= 15 is 0 Å². The second-order valence-corrected chi connectivity index (χ2v) is 5.76. The number of aliphatic hydroxyl groups excluding tert-OH is 1. The van der Waals surface area contributed by atoms with E-state index in [1.165, 1.54) is 0 Å². The maximum Gasteiger partial charge on any atom is 0.239 e. The molecule has 0 fully saturated rings. The Bertz CT molecular complexity index is 425. The Morgan fingerprint density at radius 1 is 1.59 bits per heavy atom. The predicted octanol–water partition coefficient (Wildman–Crippen LogP) is 1.41. The van der Waals surface area contributed by atoms with Crippen LogP contribution in [0.1, 0.15) is 6.92 Å². The number of benzene rings is 1. The van der Waals surface area contributed by atoms with E-state index < -0.39 is 16.0 Å². The number of halogens is 1. The van der Waals surface area contributed by atoms with E-state index in [4.69, 9.17) is 16.7 Å². The van der Waals surface area contributed by atoms with Crippen molar-refractivity contribution in [3.05, 3.63) is 29.3 Å². The molecular formula is C11H14ClNO3S. The van der Waals surface area contributed by atoms with E-state index in [-0.39, 0.29) is 18.3 Å². The number of nitrogens with one attached hydrogen (secondary N) is 1. The van der Waals surface area contributed by atoms with Gasteiger partial charge in [0.15, 0.2) is 0 Å². The molecule has 1 amide bonds. The van der Waals surface area contributed by atoms with Gasteiger partial charge in [0.05, 0.1) is 6.61 Å². The minimum absolute atomic E-state index is 0.101. The fourth-order valence-electron chi connectivity index (χ4n) is 1.20. The average Bonchev–Trinajstić information content (AvgIpc) is 2.28. The average molecular weight is 276 g/mol. The lowest BCUT2D eigenvalue weighted by Gasteiger charge is -2.11. The Hall–Kier alpha value is -0.910. The quantitative estimate of drug-likeness (QED) is 0.854. The monoisotopic (exact) mass is 275 g/mol. The van der Waals surface area contributed by atoms with Gasteiger partial charge in [-0.3, -0.25) is 9.00 Å². The molecule has 0 spiro atoms. The molecule has 2 N–H and O–H groups in total. The number of aliphatic hydroxyl groups is 1. The molecule has 0 aliphatic rings. The summed E-state index contributed by atoms with van der Waals surface area (Å²) in [5.41, 5.74) is 0.565. The Kier molecular flexibility index (Phi) is 5.61. The van der Waals surface area contributed by atoms with Crippen molar-refractivity contribution in [2.24, 2.45) is 0 Å². The largest absolute Gasteiger partial charge is 0.395 e. The third kappa shape index (κ3) is 4.46. The Morgan fingerprint density at radius 3 is 2.88 bits per heavy atom. The summed E-state index contributed by atoms with van der Waals surface area (Å²) in [6, 6.07) is 6.73. The maximum absolute atomic E-state index is 11.7. The van der Waals surface area contributed by atoms with Crippen molar-refractivity contribution in [1.82, 2.24) is 0 Å². The highest BCUT2D eigenvalue weighted by atomic mass is 35.5. The van der Waals surface area contributed by atoms with Gasteiger partial charge < -0.3 is 10.4 Å². The predicted molar refractivity (Wildman–Crippen MR) is 69.6 cm³/mol. The molecule has 0 aromatic heterocycles. The molecule has 0 heterocycles. The highest BCUT2D eigenvalue weighted by Crippen LogP contribution is 2.15. The maximum atomic E-state index is 11.7. The van der Waals surface area contributed by atoms with Crippen LogP contribution in [0.15, 0.2) is 24.3 Å². The second kappa shape index (κ2) is 6.74. The zero-order valence-corrected chi connectivity index (χ0v) is 10.9. The Balaban J connectivity index is 2.63. The lowest BCUT2D eigenvalue weighted by atomic mass is 10.3. The molecule has 94 valence electrons. The summed E-state index contributed by atoms with van der Waals surface area (Å²) in [6.45, 7) is 1.37. The van der Waals surface area contributed by atoms with Crippen LogP contribution in [0.3, 0.4) is 0 Å². The first kappa shape index (κ1) is 14.2. The van der Waals surface area contributed by atoms with Gasteiger partial charge in [0, 0.05) is 27.3 Å². The first-order chi connectivity index (χ1) is 8.04. The van der Waals surface area contributed by atoms with Gasteiger partial charge in [-0.1, -0.05) is 17.7 Å². The van der Waals surface area contributed by atoms with Crippen molar-refractivity contribution in [3.8, 4) is 0 Å². The van der Waals surface area contributed by atoms with Crippen molar-refractivity contribution in [3.63, 3.8) is 0 Å². The molecule has 0 saturated carbocycles. The van der Waals surface area contributed by atoms with Gasteiger partial charge in [-0.2, -0.15) is 0 Å². The number of rotatable bonds is 5. The zero-order valence-electron chi connectivity index (χ0n) is 9.35. The smallest absolute Gasteiger partial charge is 0.239 e. The van der Waals surface area contributed by atoms with Gasteiger partial charge in [-0.05, 0) is 25.1 Å². The van der Waals surface area contributed by atoms with Crippen LogP contribution in [-0.2, 0) is 15.6 Å². The minimum atomic E-state index is -1.37. The van der Waals surface area contributed by atoms with Crippen LogP contribution in [-0.4, -0.2) is 32.8 Å². The summed E-state index contributed by atoms with van der Waals surface area (Å²) < 4.78 is 11.5. The fourth-order valence-corrected chi connectivity index (χ4v) is 2.22. The molecule has 0 radical (unpaired) electrons. The number of anilines is 1. The molecular weight excluding hydrogens is 262 g/mol. The number of hydrogen-bond donors (Lipinski definition) is 2. The molecule has 0 bridgehead atoms. The van der Waals surface area contributed by atoms with Gasteiger partial charge in [0.1, 0.15) is 5.25 Å². The molecule has 1 rings (SSSR count).